The van der Waals surface area contributed by atoms with Gasteiger partial charge >= 0.3 is 23.8 Å². The van der Waals surface area contributed by atoms with Gasteiger partial charge in [-0.05, 0) is 96.8 Å². The molecular weight excluding hydrogens is 1090 g/mol. The zero-order valence-corrected chi connectivity index (χ0v) is 43.5. The fraction of sp³-hybridized carbons (Fsp3) is 0.193. The maximum absolute atomic E-state index is 14.3. The van der Waals surface area contributed by atoms with E-state index in [-0.39, 0.29) is 80.1 Å². The van der Waals surface area contributed by atoms with E-state index in [9.17, 15) is 47.0 Å². The molecule has 0 aliphatic rings. The summed E-state index contributed by atoms with van der Waals surface area (Å²) < 4.78 is 74.7. The number of carboxylic acid groups (broad SMARTS) is 1. The van der Waals surface area contributed by atoms with E-state index in [4.69, 9.17) is 48.1 Å². The Labute approximate surface area is 466 Å². The molecule has 0 bridgehead atoms. The first-order chi connectivity index (χ1) is 37.8. The predicted octanol–water partition coefficient (Wildman–Crippen LogP) is 10.6. The number of aromatic carboxylic acids is 1. The van der Waals surface area contributed by atoms with Gasteiger partial charge in [-0.3, -0.25) is 16.1 Å². The number of hydrazine groups is 2. The Morgan fingerprint density at radius 2 is 1.00 bits per heavy atom. The van der Waals surface area contributed by atoms with Crippen LogP contribution in [0.25, 0.3) is 44.8 Å². The van der Waals surface area contributed by atoms with Crippen molar-refractivity contribution in [2.75, 3.05) is 26.3 Å². The first-order valence-corrected chi connectivity index (χ1v) is 24.6. The summed E-state index contributed by atoms with van der Waals surface area (Å²) in [6, 6.07) is 36.8. The molecule has 2 aromatic heterocycles. The number of nitrogens with zero attached hydrogens (tertiary/aromatic N) is 4. The molecule has 2 heterocycles. The van der Waals surface area contributed by atoms with Gasteiger partial charge < -0.3 is 33.8 Å². The van der Waals surface area contributed by atoms with E-state index >= 15 is 0 Å². The Kier molecular flexibility index (Phi) is 23.6. The molecule has 8 rings (SSSR count). The molecule has 0 radical (unpaired) electrons. The number of carboxylic acids is 1. The van der Waals surface area contributed by atoms with Gasteiger partial charge in [0, 0.05) is 57.5 Å². The Morgan fingerprint density at radius 3 is 1.44 bits per heavy atom. The highest BCUT2D eigenvalue weighted by molar-refractivity contribution is 6.31. The first-order valence-electron chi connectivity index (χ1n) is 23.8. The smallest absolute Gasteiger partial charge is 0.374 e. The van der Waals surface area contributed by atoms with Crippen molar-refractivity contribution in [1.29, 1.82) is 0 Å². The number of nitrogens with one attached hydrogen (secondary N) is 1. The van der Waals surface area contributed by atoms with E-state index in [1.165, 1.54) is 88.9 Å². The third-order valence-electron chi connectivity index (χ3n) is 11.1. The Hall–Kier alpha value is -8.28. The zero-order chi connectivity index (χ0) is 57.2. The second kappa shape index (κ2) is 30.2. The Bertz CT molecular complexity index is 3350. The molecular formula is C57H54Cl2F4N6O11. The minimum absolute atomic E-state index is 0. The Morgan fingerprint density at radius 1 is 0.588 bits per heavy atom. The fourth-order valence-electron chi connectivity index (χ4n) is 7.29. The molecule has 0 aliphatic heterocycles. The van der Waals surface area contributed by atoms with Crippen LogP contribution in [-0.4, -0.2) is 98.0 Å². The number of ether oxygens (including phenoxy) is 2. The van der Waals surface area contributed by atoms with Crippen LogP contribution in [0.3, 0.4) is 0 Å². The number of carbonyl (C=O) groups excluding carboxylic acids is 3. The SMILES string of the molecule is C.CCOC(=O)[C@H](O)CN(Cc1ccc(-c2cc(Cl)ccc2F)cc1)NC(=O)c1cc(-c2ccccc2F)no1.CCOC(=O)[C@H](O)CN(N)Cc1ccc(-c2cc(Cl)ccc2F)cc1.O=C(O)c1cc(-c2ccccc2F)no1. The molecule has 0 unspecified atom stereocenters. The number of benzene rings is 6. The summed E-state index contributed by atoms with van der Waals surface area (Å²) in [5.41, 5.74) is 6.79. The summed E-state index contributed by atoms with van der Waals surface area (Å²) in [6.45, 7) is 3.53. The molecule has 80 heavy (non-hydrogen) atoms. The highest BCUT2D eigenvalue weighted by atomic mass is 35.5. The van der Waals surface area contributed by atoms with Gasteiger partial charge in [0.2, 0.25) is 11.5 Å². The maximum Gasteiger partial charge on any atom is 0.374 e. The van der Waals surface area contributed by atoms with Crippen LogP contribution >= 0.6 is 23.2 Å². The molecule has 6 aromatic carbocycles. The van der Waals surface area contributed by atoms with Crippen molar-refractivity contribution in [3.8, 4) is 44.8 Å². The van der Waals surface area contributed by atoms with Crippen molar-refractivity contribution in [2.45, 2.75) is 46.6 Å². The molecule has 420 valence electrons. The van der Waals surface area contributed by atoms with Gasteiger partial charge in [0.1, 0.15) is 34.7 Å². The Balaban J connectivity index is 0.000000244. The first kappa shape index (κ1) is 62.6. The van der Waals surface area contributed by atoms with E-state index < -0.39 is 53.5 Å². The van der Waals surface area contributed by atoms with Gasteiger partial charge in [-0.2, -0.15) is 0 Å². The fourth-order valence-corrected chi connectivity index (χ4v) is 7.64. The second-order valence-corrected chi connectivity index (χ2v) is 17.7. The van der Waals surface area contributed by atoms with Gasteiger partial charge in [0.25, 0.3) is 0 Å². The standard InChI is InChI=1S/C28H24ClF2N3O5.C18H20ClFN2O3.C10H6FNO3.CH4/c1-2-38-28(37)25(35)16-34(15-17-7-9-18(10-8-17)21-13-19(29)11-12-23(21)31)32-27(36)26-14-24(33-39-26)20-5-3-4-6-22(20)30;1-2-25-18(24)17(23)11-22(21)10-12-3-5-13(6-4-12)15-9-14(19)7-8-16(15)20;11-7-4-2-1-3-6(7)8-5-9(10(13)14)15-12-8;/h3-14,25,35H,2,15-16H2,1H3,(H,32,36);3-9,17,23H,2,10-11,21H2,1H3;1-5H,(H,13,14);1H4/t25-;17-;;/m11../s1. The number of carbonyl (C=O) groups is 4. The second-order valence-electron chi connectivity index (χ2n) is 16.8. The summed E-state index contributed by atoms with van der Waals surface area (Å²) in [4.78, 5) is 46.8. The largest absolute Gasteiger partial charge is 0.475 e. The maximum atomic E-state index is 14.3. The number of halogens is 6. The summed E-state index contributed by atoms with van der Waals surface area (Å²) in [6.07, 6.45) is -2.86. The molecule has 1 amide bonds. The van der Waals surface area contributed by atoms with Crippen molar-refractivity contribution >= 4 is 47.0 Å². The number of aromatic nitrogens is 2. The van der Waals surface area contributed by atoms with E-state index in [0.717, 1.165) is 5.56 Å². The number of hydrogen-bond donors (Lipinski definition) is 5. The monoisotopic (exact) mass is 1140 g/mol. The topological polar surface area (TPSA) is 244 Å². The average molecular weight is 1150 g/mol. The molecule has 0 saturated carbocycles. The van der Waals surface area contributed by atoms with Gasteiger partial charge in [-0.15, -0.1) is 0 Å². The quantitative estimate of drug-likeness (QED) is 0.0219. The zero-order valence-electron chi connectivity index (χ0n) is 42.0. The minimum atomic E-state index is -1.56. The number of esters is 2. The number of rotatable bonds is 19. The third kappa shape index (κ3) is 17.9. The number of amides is 1. The highest BCUT2D eigenvalue weighted by Crippen LogP contribution is 2.29. The van der Waals surface area contributed by atoms with Crippen LogP contribution in [0.2, 0.25) is 10.0 Å². The molecule has 17 nitrogen and oxygen atoms in total. The molecule has 8 aromatic rings. The molecule has 0 saturated heterocycles. The summed E-state index contributed by atoms with van der Waals surface area (Å²) in [5.74, 6) is -0.0125. The third-order valence-corrected chi connectivity index (χ3v) is 11.5. The van der Waals surface area contributed by atoms with Crippen LogP contribution in [0.4, 0.5) is 17.6 Å². The lowest BCUT2D eigenvalue weighted by Gasteiger charge is -2.24. The van der Waals surface area contributed by atoms with Crippen molar-refractivity contribution in [3.63, 3.8) is 0 Å². The van der Waals surface area contributed by atoms with Crippen molar-refractivity contribution in [2.24, 2.45) is 5.84 Å². The lowest BCUT2D eigenvalue weighted by molar-refractivity contribution is -0.155. The van der Waals surface area contributed by atoms with E-state index in [1.54, 1.807) is 80.6 Å². The van der Waals surface area contributed by atoms with E-state index in [1.807, 2.05) is 0 Å². The van der Waals surface area contributed by atoms with E-state index in [0.29, 0.717) is 44.4 Å². The normalized spacial score (nSPS) is 11.5. The number of aliphatic hydroxyl groups excluding tert-OH is 2. The number of hydrogen-bond acceptors (Lipinski definition) is 15. The lowest BCUT2D eigenvalue weighted by Crippen LogP contribution is -2.47. The van der Waals surface area contributed by atoms with Gasteiger partial charge in [0.15, 0.2) is 12.2 Å². The van der Waals surface area contributed by atoms with Gasteiger partial charge in [-0.1, -0.05) is 114 Å². The lowest BCUT2D eigenvalue weighted by atomic mass is 10.0. The van der Waals surface area contributed by atoms with E-state index in [2.05, 4.69) is 20.3 Å². The summed E-state index contributed by atoms with van der Waals surface area (Å²) in [5, 5.41) is 39.3. The number of aliphatic hydroxyl groups is 2. The molecule has 6 N–H and O–H groups in total. The van der Waals surface area contributed by atoms with Crippen LogP contribution in [-0.2, 0) is 32.2 Å². The minimum Gasteiger partial charge on any atom is -0.475 e. The molecule has 2 atom stereocenters. The molecule has 0 fully saturated rings. The van der Waals surface area contributed by atoms with Crippen LogP contribution < -0.4 is 11.3 Å². The summed E-state index contributed by atoms with van der Waals surface area (Å²) >= 11 is 11.9. The summed E-state index contributed by atoms with van der Waals surface area (Å²) in [7, 11) is 0. The van der Waals surface area contributed by atoms with Crippen LogP contribution in [0.15, 0.2) is 155 Å². The van der Waals surface area contributed by atoms with Crippen molar-refractivity contribution in [3.05, 3.63) is 202 Å². The van der Waals surface area contributed by atoms with Crippen LogP contribution in [0.1, 0.15) is 53.5 Å². The van der Waals surface area contributed by atoms with Gasteiger partial charge in [0.05, 0.1) is 26.3 Å². The van der Waals surface area contributed by atoms with Crippen LogP contribution in [0, 0.1) is 23.3 Å². The van der Waals surface area contributed by atoms with Crippen molar-refractivity contribution in [1.82, 2.24) is 25.8 Å². The predicted molar refractivity (Wildman–Crippen MR) is 289 cm³/mol. The van der Waals surface area contributed by atoms with Crippen molar-refractivity contribution < 1.29 is 70.6 Å². The average Bonchev–Trinajstić information content (AvgIpc) is 4.15. The number of nitrogens with two attached hydrogens (primary N) is 1. The molecule has 0 aliphatic carbocycles. The highest BCUT2D eigenvalue weighted by Gasteiger charge is 2.25. The van der Waals surface area contributed by atoms with Gasteiger partial charge in [-0.25, -0.2) is 42.0 Å². The molecule has 0 spiro atoms. The molecule has 23 heteroatoms. The van der Waals surface area contributed by atoms with Crippen LogP contribution in [0.5, 0.6) is 0 Å².